The highest BCUT2D eigenvalue weighted by molar-refractivity contribution is 9.10. The van der Waals surface area contributed by atoms with Crippen molar-refractivity contribution in [1.82, 2.24) is 0 Å². The third kappa shape index (κ3) is 3.78. The first-order valence-electron chi connectivity index (χ1n) is 5.47. The van der Waals surface area contributed by atoms with E-state index in [1.165, 1.54) is 12.1 Å². The molecule has 0 bridgehead atoms. The number of rotatable bonds is 4. The lowest BCUT2D eigenvalue weighted by molar-refractivity contribution is -0.118. The number of benzene rings is 1. The number of carbonyl (C=O) groups is 1. The Bertz CT molecular complexity index is 411. The predicted octanol–water partition coefficient (Wildman–Crippen LogP) is 2.90. The normalized spacial score (nSPS) is 14.2. The molecule has 0 saturated carbocycles. The van der Waals surface area contributed by atoms with Crippen molar-refractivity contribution in [1.29, 1.82) is 0 Å². The van der Waals surface area contributed by atoms with E-state index in [0.717, 1.165) is 6.42 Å². The highest BCUT2D eigenvalue weighted by atomic mass is 79.9. The highest BCUT2D eigenvalue weighted by Crippen LogP contribution is 2.20. The van der Waals surface area contributed by atoms with E-state index in [9.17, 15) is 9.18 Å². The second-order valence-corrected chi connectivity index (χ2v) is 4.94. The van der Waals surface area contributed by atoms with Gasteiger partial charge in [0, 0.05) is 4.47 Å². The second-order valence-electron chi connectivity index (χ2n) is 4.02. The molecule has 2 atom stereocenters. The fourth-order valence-electron chi connectivity index (χ4n) is 1.32. The van der Waals surface area contributed by atoms with Crippen LogP contribution in [0.5, 0.6) is 0 Å². The molecule has 0 spiro atoms. The number of nitrogens with two attached hydrogens (primary N) is 1. The third-order valence-electron chi connectivity index (χ3n) is 2.75. The summed E-state index contributed by atoms with van der Waals surface area (Å²) < 4.78 is 14.1. The molecule has 3 N–H and O–H groups in total. The van der Waals surface area contributed by atoms with E-state index in [4.69, 9.17) is 5.73 Å². The van der Waals surface area contributed by atoms with Crippen LogP contribution in [0.3, 0.4) is 0 Å². The maximum atomic E-state index is 13.4. The van der Waals surface area contributed by atoms with E-state index in [-0.39, 0.29) is 17.5 Å². The van der Waals surface area contributed by atoms with Crippen LogP contribution in [0, 0.1) is 11.7 Å². The van der Waals surface area contributed by atoms with E-state index in [1.807, 2.05) is 13.8 Å². The van der Waals surface area contributed by atoms with Crippen LogP contribution >= 0.6 is 15.9 Å². The maximum absolute atomic E-state index is 13.4. The number of amides is 1. The molecule has 17 heavy (non-hydrogen) atoms. The van der Waals surface area contributed by atoms with Crippen molar-refractivity contribution in [2.75, 3.05) is 5.32 Å². The van der Waals surface area contributed by atoms with E-state index in [0.29, 0.717) is 4.47 Å². The monoisotopic (exact) mass is 302 g/mol. The molecule has 0 aliphatic rings. The van der Waals surface area contributed by atoms with Crippen LogP contribution in [-0.4, -0.2) is 11.9 Å². The molecule has 3 nitrogen and oxygen atoms in total. The number of halogens is 2. The first kappa shape index (κ1) is 14.1. The molecule has 0 aliphatic carbocycles. The molecule has 0 radical (unpaired) electrons. The summed E-state index contributed by atoms with van der Waals surface area (Å²) in [7, 11) is 0. The minimum absolute atomic E-state index is 0.0604. The number of carbonyl (C=O) groups excluding carboxylic acids is 1. The van der Waals surface area contributed by atoms with Crippen molar-refractivity contribution in [2.24, 2.45) is 11.7 Å². The highest BCUT2D eigenvalue weighted by Gasteiger charge is 2.20. The van der Waals surface area contributed by atoms with E-state index in [2.05, 4.69) is 21.2 Å². The van der Waals surface area contributed by atoms with Gasteiger partial charge in [0.2, 0.25) is 5.91 Å². The molecular weight excluding hydrogens is 287 g/mol. The van der Waals surface area contributed by atoms with Crippen molar-refractivity contribution in [2.45, 2.75) is 26.3 Å². The topological polar surface area (TPSA) is 55.1 Å². The van der Waals surface area contributed by atoms with Gasteiger partial charge in [-0.05, 0) is 24.1 Å². The minimum Gasteiger partial charge on any atom is -0.322 e. The Hall–Kier alpha value is -0.940. The van der Waals surface area contributed by atoms with Crippen LogP contribution in [0.25, 0.3) is 0 Å². The lowest BCUT2D eigenvalue weighted by Gasteiger charge is -2.18. The van der Waals surface area contributed by atoms with Gasteiger partial charge in [0.25, 0.3) is 0 Å². The van der Waals surface area contributed by atoms with E-state index < -0.39 is 11.9 Å². The van der Waals surface area contributed by atoms with Gasteiger partial charge in [-0.15, -0.1) is 0 Å². The fourth-order valence-corrected chi connectivity index (χ4v) is 1.68. The molecule has 0 heterocycles. The largest absolute Gasteiger partial charge is 0.322 e. The summed E-state index contributed by atoms with van der Waals surface area (Å²) in [6.07, 6.45) is 0.801. The van der Waals surface area contributed by atoms with Gasteiger partial charge < -0.3 is 11.1 Å². The molecule has 94 valence electrons. The Labute approximate surface area is 109 Å². The van der Waals surface area contributed by atoms with Gasteiger partial charge in [-0.3, -0.25) is 4.79 Å². The number of anilines is 1. The fraction of sp³-hybridized carbons (Fsp3) is 0.417. The van der Waals surface area contributed by atoms with Crippen LogP contribution in [-0.2, 0) is 4.79 Å². The molecule has 0 fully saturated rings. The minimum atomic E-state index is -0.626. The lowest BCUT2D eigenvalue weighted by atomic mass is 9.99. The van der Waals surface area contributed by atoms with Crippen LogP contribution in [0.2, 0.25) is 0 Å². The molecule has 1 aromatic rings. The van der Waals surface area contributed by atoms with Gasteiger partial charge in [-0.25, -0.2) is 4.39 Å². The molecule has 1 aromatic carbocycles. The molecule has 0 saturated heterocycles. The predicted molar refractivity (Wildman–Crippen MR) is 70.2 cm³/mol. The molecule has 1 rings (SSSR count). The van der Waals surface area contributed by atoms with Gasteiger partial charge in [0.1, 0.15) is 5.82 Å². The van der Waals surface area contributed by atoms with Gasteiger partial charge >= 0.3 is 0 Å². The van der Waals surface area contributed by atoms with Crippen molar-refractivity contribution in [3.8, 4) is 0 Å². The molecule has 5 heteroatoms. The second kappa shape index (κ2) is 6.12. The van der Waals surface area contributed by atoms with Gasteiger partial charge in [-0.1, -0.05) is 36.2 Å². The molecule has 0 aliphatic heterocycles. The summed E-state index contributed by atoms with van der Waals surface area (Å²) in [5.74, 6) is -0.778. The van der Waals surface area contributed by atoms with Gasteiger partial charge in [0.05, 0.1) is 11.7 Å². The number of hydrogen-bond acceptors (Lipinski definition) is 2. The molecule has 0 aromatic heterocycles. The Morgan fingerprint density at radius 1 is 1.59 bits per heavy atom. The van der Waals surface area contributed by atoms with Crippen molar-refractivity contribution >= 4 is 27.5 Å². The quantitative estimate of drug-likeness (QED) is 0.898. The van der Waals surface area contributed by atoms with Crippen molar-refractivity contribution in [3.05, 3.63) is 28.5 Å². The summed E-state index contributed by atoms with van der Waals surface area (Å²) in [5.41, 5.74) is 5.90. The Morgan fingerprint density at radius 3 is 2.82 bits per heavy atom. The van der Waals surface area contributed by atoms with Gasteiger partial charge in [0.15, 0.2) is 0 Å². The Kier molecular flexibility index (Phi) is 5.08. The standard InChI is InChI=1S/C12H16BrFN2O/c1-3-7(2)11(15)12(17)16-10-6-8(13)4-5-9(10)14/h4-7,11H,3,15H2,1-2H3,(H,16,17)/t7-,11-/m0/s1. The summed E-state index contributed by atoms with van der Waals surface area (Å²) in [4.78, 5) is 11.8. The van der Waals surface area contributed by atoms with Gasteiger partial charge in [-0.2, -0.15) is 0 Å². The van der Waals surface area contributed by atoms with E-state index >= 15 is 0 Å². The summed E-state index contributed by atoms with van der Waals surface area (Å²) >= 11 is 3.22. The average Bonchev–Trinajstić information content (AvgIpc) is 2.31. The van der Waals surface area contributed by atoms with Crippen molar-refractivity contribution in [3.63, 3.8) is 0 Å². The lowest BCUT2D eigenvalue weighted by Crippen LogP contribution is -2.40. The number of hydrogen-bond donors (Lipinski definition) is 2. The SMILES string of the molecule is CC[C@H](C)[C@H](N)C(=O)Nc1cc(Br)ccc1F. The first-order valence-corrected chi connectivity index (χ1v) is 6.26. The average molecular weight is 303 g/mol. The van der Waals surface area contributed by atoms with E-state index in [1.54, 1.807) is 6.07 Å². The zero-order valence-corrected chi connectivity index (χ0v) is 11.4. The summed E-state index contributed by atoms with van der Waals surface area (Å²) in [6.45, 7) is 3.85. The van der Waals surface area contributed by atoms with Crippen molar-refractivity contribution < 1.29 is 9.18 Å². The zero-order chi connectivity index (χ0) is 13.0. The van der Waals surface area contributed by atoms with Crippen LogP contribution in [0.1, 0.15) is 20.3 Å². The maximum Gasteiger partial charge on any atom is 0.241 e. The molecular formula is C12H16BrFN2O. The third-order valence-corrected chi connectivity index (χ3v) is 3.24. The number of nitrogens with one attached hydrogen (secondary N) is 1. The van der Waals surface area contributed by atoms with Crippen LogP contribution in [0.4, 0.5) is 10.1 Å². The van der Waals surface area contributed by atoms with Crippen LogP contribution < -0.4 is 11.1 Å². The zero-order valence-electron chi connectivity index (χ0n) is 9.84. The summed E-state index contributed by atoms with van der Waals surface area (Å²) in [6, 6.07) is 3.74. The summed E-state index contributed by atoms with van der Waals surface area (Å²) in [5, 5.41) is 2.50. The van der Waals surface area contributed by atoms with Crippen LogP contribution in [0.15, 0.2) is 22.7 Å². The first-order chi connectivity index (χ1) is 7.95. The molecule has 1 amide bonds. The Balaban J connectivity index is 2.77. The Morgan fingerprint density at radius 2 is 2.24 bits per heavy atom. The molecule has 0 unspecified atom stereocenters. The smallest absolute Gasteiger partial charge is 0.241 e.